The van der Waals surface area contributed by atoms with Gasteiger partial charge in [-0.15, -0.1) is 0 Å². The molecule has 0 bridgehead atoms. The Morgan fingerprint density at radius 1 is 1.04 bits per heavy atom. The van der Waals surface area contributed by atoms with Gasteiger partial charge in [0.25, 0.3) is 5.56 Å². The van der Waals surface area contributed by atoms with Crippen LogP contribution in [-0.2, 0) is 6.54 Å². The lowest BCUT2D eigenvalue weighted by Crippen LogP contribution is -2.21. The predicted molar refractivity (Wildman–Crippen MR) is 101 cm³/mol. The zero-order chi connectivity index (χ0) is 18.1. The Bertz CT molecular complexity index is 1130. The molecular formula is C21H18N2O3. The summed E-state index contributed by atoms with van der Waals surface area (Å²) in [4.78, 5) is 13.2. The van der Waals surface area contributed by atoms with E-state index in [9.17, 15) is 4.79 Å². The quantitative estimate of drug-likeness (QED) is 0.551. The smallest absolute Gasteiger partial charge is 0.264 e. The lowest BCUT2D eigenvalue weighted by molar-refractivity contribution is 0.415. The number of aromatic nitrogens is 2. The van der Waals surface area contributed by atoms with E-state index < -0.39 is 0 Å². The first-order chi connectivity index (χ1) is 12.7. The number of pyridine rings is 1. The van der Waals surface area contributed by atoms with Crippen LogP contribution in [0.25, 0.3) is 33.5 Å². The monoisotopic (exact) mass is 346 g/mol. The normalized spacial score (nSPS) is 11.0. The Labute approximate surface area is 150 Å². The van der Waals surface area contributed by atoms with E-state index in [1.807, 2.05) is 67.6 Å². The summed E-state index contributed by atoms with van der Waals surface area (Å²) >= 11 is 0. The Hall–Kier alpha value is -3.34. The van der Waals surface area contributed by atoms with E-state index in [0.29, 0.717) is 23.2 Å². The van der Waals surface area contributed by atoms with Crippen LogP contribution in [0, 0.1) is 0 Å². The third-order valence-electron chi connectivity index (χ3n) is 4.47. The number of hydrogen-bond acceptors (Lipinski definition) is 4. The molecule has 0 atom stereocenters. The van der Waals surface area contributed by atoms with Gasteiger partial charge in [-0.25, -0.2) is 0 Å². The van der Waals surface area contributed by atoms with Crippen LogP contribution in [0.2, 0.25) is 0 Å². The van der Waals surface area contributed by atoms with E-state index in [1.165, 1.54) is 0 Å². The molecule has 0 saturated heterocycles. The van der Waals surface area contributed by atoms with Crippen LogP contribution in [0.15, 0.2) is 70.0 Å². The second-order valence-electron chi connectivity index (χ2n) is 5.95. The van der Waals surface area contributed by atoms with Gasteiger partial charge in [0.1, 0.15) is 16.8 Å². The number of benzene rings is 2. The first-order valence-electron chi connectivity index (χ1n) is 8.46. The molecule has 130 valence electrons. The van der Waals surface area contributed by atoms with Crippen molar-refractivity contribution in [3.8, 4) is 28.3 Å². The lowest BCUT2D eigenvalue weighted by atomic mass is 10.1. The number of nitrogens with zero attached hydrogens (tertiary/aromatic N) is 2. The van der Waals surface area contributed by atoms with Crippen molar-refractivity contribution < 1.29 is 9.26 Å². The molecule has 26 heavy (non-hydrogen) atoms. The first kappa shape index (κ1) is 16.1. The average molecular weight is 346 g/mol. The van der Waals surface area contributed by atoms with Crippen molar-refractivity contribution in [2.45, 2.75) is 13.5 Å². The molecule has 2 aromatic heterocycles. The van der Waals surface area contributed by atoms with Gasteiger partial charge in [-0.1, -0.05) is 47.6 Å². The Balaban J connectivity index is 1.99. The highest BCUT2D eigenvalue weighted by Crippen LogP contribution is 2.30. The molecule has 0 aliphatic rings. The number of hydrogen-bond donors (Lipinski definition) is 0. The molecule has 0 amide bonds. The Kier molecular flexibility index (Phi) is 4.05. The maximum absolute atomic E-state index is 13.2. The molecule has 2 aromatic carbocycles. The Morgan fingerprint density at radius 2 is 1.81 bits per heavy atom. The zero-order valence-corrected chi connectivity index (χ0v) is 14.6. The van der Waals surface area contributed by atoms with Crippen LogP contribution in [-0.4, -0.2) is 16.8 Å². The fourth-order valence-corrected chi connectivity index (χ4v) is 3.18. The number of rotatable bonds is 4. The highest BCUT2D eigenvalue weighted by molar-refractivity contribution is 5.92. The maximum Gasteiger partial charge on any atom is 0.264 e. The predicted octanol–water partition coefficient (Wildman–Crippen LogP) is 4.35. The molecular weight excluding hydrogens is 328 g/mol. The number of ether oxygens (including phenoxy) is 1. The molecule has 0 spiro atoms. The molecule has 0 unspecified atom stereocenters. The van der Waals surface area contributed by atoms with Gasteiger partial charge in [-0.3, -0.25) is 4.79 Å². The van der Waals surface area contributed by atoms with Crippen molar-refractivity contribution >= 4 is 11.0 Å². The summed E-state index contributed by atoms with van der Waals surface area (Å²) in [6.45, 7) is 2.49. The molecule has 0 fully saturated rings. The van der Waals surface area contributed by atoms with Crippen LogP contribution >= 0.6 is 0 Å². The van der Waals surface area contributed by atoms with Gasteiger partial charge < -0.3 is 13.8 Å². The van der Waals surface area contributed by atoms with E-state index in [0.717, 1.165) is 22.6 Å². The highest BCUT2D eigenvalue weighted by atomic mass is 16.5. The summed E-state index contributed by atoms with van der Waals surface area (Å²) in [6.07, 6.45) is 0. The molecule has 0 N–H and O–H groups in total. The van der Waals surface area contributed by atoms with Gasteiger partial charge in [0, 0.05) is 23.7 Å². The minimum atomic E-state index is -0.108. The SMILES string of the molecule is CCn1c(-c2cccc(OC)c2)cc2onc(-c3ccccc3)c2c1=O. The topological polar surface area (TPSA) is 57.3 Å². The van der Waals surface area contributed by atoms with E-state index in [-0.39, 0.29) is 5.56 Å². The molecule has 5 nitrogen and oxygen atoms in total. The van der Waals surface area contributed by atoms with Crippen LogP contribution in [0.4, 0.5) is 0 Å². The molecule has 2 heterocycles. The van der Waals surface area contributed by atoms with E-state index >= 15 is 0 Å². The van der Waals surface area contributed by atoms with Crippen LogP contribution in [0.3, 0.4) is 0 Å². The summed E-state index contributed by atoms with van der Waals surface area (Å²) in [5, 5.41) is 4.66. The van der Waals surface area contributed by atoms with Gasteiger partial charge in [0.05, 0.1) is 12.8 Å². The van der Waals surface area contributed by atoms with Crippen molar-refractivity contribution in [3.05, 3.63) is 71.0 Å². The molecule has 4 aromatic rings. The largest absolute Gasteiger partial charge is 0.497 e. The fourth-order valence-electron chi connectivity index (χ4n) is 3.18. The third-order valence-corrected chi connectivity index (χ3v) is 4.47. The van der Waals surface area contributed by atoms with Gasteiger partial charge in [-0.2, -0.15) is 0 Å². The van der Waals surface area contributed by atoms with Crippen molar-refractivity contribution in [2.75, 3.05) is 7.11 Å². The minimum Gasteiger partial charge on any atom is -0.497 e. The van der Waals surface area contributed by atoms with Crippen molar-refractivity contribution in [1.29, 1.82) is 0 Å². The lowest BCUT2D eigenvalue weighted by Gasteiger charge is -2.12. The van der Waals surface area contributed by atoms with E-state index in [1.54, 1.807) is 11.7 Å². The second kappa shape index (κ2) is 6.52. The summed E-state index contributed by atoms with van der Waals surface area (Å²) < 4.78 is 12.6. The Morgan fingerprint density at radius 3 is 2.54 bits per heavy atom. The fraction of sp³-hybridized carbons (Fsp3) is 0.143. The number of methoxy groups -OCH3 is 1. The third kappa shape index (κ3) is 2.58. The van der Waals surface area contributed by atoms with Crippen LogP contribution < -0.4 is 10.3 Å². The molecule has 4 rings (SSSR count). The van der Waals surface area contributed by atoms with Gasteiger partial charge >= 0.3 is 0 Å². The molecule has 5 heteroatoms. The maximum atomic E-state index is 13.2. The summed E-state index contributed by atoms with van der Waals surface area (Å²) in [5.74, 6) is 0.736. The zero-order valence-electron chi connectivity index (χ0n) is 14.6. The first-order valence-corrected chi connectivity index (χ1v) is 8.46. The van der Waals surface area contributed by atoms with E-state index in [4.69, 9.17) is 9.26 Å². The summed E-state index contributed by atoms with van der Waals surface area (Å²) in [7, 11) is 1.62. The molecule has 0 saturated carbocycles. The van der Waals surface area contributed by atoms with Gasteiger partial charge in [-0.05, 0) is 19.1 Å². The van der Waals surface area contributed by atoms with E-state index in [2.05, 4.69) is 5.16 Å². The summed E-state index contributed by atoms with van der Waals surface area (Å²) in [6, 6.07) is 19.1. The van der Waals surface area contributed by atoms with Crippen LogP contribution in [0.5, 0.6) is 5.75 Å². The summed E-state index contributed by atoms with van der Waals surface area (Å²) in [5.41, 5.74) is 3.48. The second-order valence-corrected chi connectivity index (χ2v) is 5.95. The molecule has 0 radical (unpaired) electrons. The van der Waals surface area contributed by atoms with Gasteiger partial charge in [0.2, 0.25) is 0 Å². The van der Waals surface area contributed by atoms with Crippen LogP contribution in [0.1, 0.15) is 6.92 Å². The minimum absolute atomic E-state index is 0.108. The van der Waals surface area contributed by atoms with Crippen molar-refractivity contribution in [2.24, 2.45) is 0 Å². The average Bonchev–Trinajstić information content (AvgIpc) is 3.13. The molecule has 0 aliphatic carbocycles. The number of fused-ring (bicyclic) bond motifs is 1. The van der Waals surface area contributed by atoms with Crippen molar-refractivity contribution in [3.63, 3.8) is 0 Å². The highest BCUT2D eigenvalue weighted by Gasteiger charge is 2.19. The van der Waals surface area contributed by atoms with Gasteiger partial charge in [0.15, 0.2) is 5.58 Å². The standard InChI is InChI=1S/C21H18N2O3/c1-3-23-17(15-10-7-11-16(12-15)25-2)13-18-19(21(23)24)20(22-26-18)14-8-5-4-6-9-14/h4-13H,3H2,1-2H3. The molecule has 0 aliphatic heterocycles. The van der Waals surface area contributed by atoms with Crippen molar-refractivity contribution in [1.82, 2.24) is 9.72 Å².